The van der Waals surface area contributed by atoms with E-state index in [-0.39, 0.29) is 17.7 Å². The number of benzene rings is 2. The largest absolute Gasteiger partial charge is 0.493 e. The van der Waals surface area contributed by atoms with Crippen molar-refractivity contribution in [1.29, 1.82) is 0 Å². The fourth-order valence-corrected chi connectivity index (χ4v) is 4.98. The minimum absolute atomic E-state index is 0.0643. The van der Waals surface area contributed by atoms with Gasteiger partial charge in [0.25, 0.3) is 5.91 Å². The van der Waals surface area contributed by atoms with Gasteiger partial charge in [0.1, 0.15) is 0 Å². The molecule has 8 heteroatoms. The molecule has 0 spiro atoms. The number of aliphatic hydroxyl groups is 1. The Bertz CT molecular complexity index is 1120. The van der Waals surface area contributed by atoms with E-state index >= 15 is 0 Å². The van der Waals surface area contributed by atoms with Crippen molar-refractivity contribution in [2.45, 2.75) is 18.7 Å². The number of carbonyl (C=O) groups excluding carboxylic acids is 1. The number of carbonyl (C=O) groups is 1. The van der Waals surface area contributed by atoms with E-state index in [1.54, 1.807) is 18.1 Å². The SMILES string of the molecule is COc1cccc2cc(C(=O)N3C[C@H](O)[C@@H](N4CCN(Cc5ccc(Cl)cc5)CC4)C3)oc12. The zero-order valence-corrected chi connectivity index (χ0v) is 19.4. The predicted octanol–water partition coefficient (Wildman–Crippen LogP) is 3.10. The van der Waals surface area contributed by atoms with Crippen molar-refractivity contribution < 1.29 is 19.1 Å². The average Bonchev–Trinajstić information content (AvgIpc) is 3.44. The Balaban J connectivity index is 1.20. The molecule has 3 aromatic rings. The highest BCUT2D eigenvalue weighted by atomic mass is 35.5. The van der Waals surface area contributed by atoms with E-state index < -0.39 is 6.10 Å². The Kier molecular flexibility index (Phi) is 6.29. The van der Waals surface area contributed by atoms with Crippen LogP contribution >= 0.6 is 11.6 Å². The zero-order chi connectivity index (χ0) is 22.9. The molecule has 0 unspecified atom stereocenters. The predicted molar refractivity (Wildman–Crippen MR) is 127 cm³/mol. The van der Waals surface area contributed by atoms with E-state index in [2.05, 4.69) is 21.9 Å². The summed E-state index contributed by atoms with van der Waals surface area (Å²) in [6.07, 6.45) is -0.573. The van der Waals surface area contributed by atoms with Crippen LogP contribution in [0.4, 0.5) is 0 Å². The molecule has 3 heterocycles. The first-order valence-electron chi connectivity index (χ1n) is 11.3. The van der Waals surface area contributed by atoms with Gasteiger partial charge in [-0.2, -0.15) is 0 Å². The molecule has 174 valence electrons. The number of para-hydroxylation sites is 1. The number of likely N-dealkylation sites (tertiary alicyclic amines) is 1. The van der Waals surface area contributed by atoms with Gasteiger partial charge in [-0.25, -0.2) is 0 Å². The average molecular weight is 470 g/mol. The summed E-state index contributed by atoms with van der Waals surface area (Å²) in [5, 5.41) is 12.3. The summed E-state index contributed by atoms with van der Waals surface area (Å²) in [7, 11) is 1.58. The molecule has 33 heavy (non-hydrogen) atoms. The summed E-state index contributed by atoms with van der Waals surface area (Å²) < 4.78 is 11.2. The number of aliphatic hydroxyl groups excluding tert-OH is 1. The number of hydrogen-bond donors (Lipinski definition) is 1. The first-order valence-corrected chi connectivity index (χ1v) is 11.6. The molecule has 0 bridgehead atoms. The third kappa shape index (κ3) is 4.59. The minimum atomic E-state index is -0.573. The van der Waals surface area contributed by atoms with Gasteiger partial charge in [0, 0.05) is 56.2 Å². The van der Waals surface area contributed by atoms with E-state index in [0.29, 0.717) is 24.4 Å². The summed E-state index contributed by atoms with van der Waals surface area (Å²) >= 11 is 5.98. The van der Waals surface area contributed by atoms with Crippen LogP contribution in [0.1, 0.15) is 16.1 Å². The molecule has 2 aliphatic rings. The lowest BCUT2D eigenvalue weighted by atomic mass is 10.1. The number of furan rings is 1. The first-order chi connectivity index (χ1) is 16.0. The summed E-state index contributed by atoms with van der Waals surface area (Å²) in [6, 6.07) is 15.2. The molecule has 2 atom stereocenters. The van der Waals surface area contributed by atoms with Crippen LogP contribution in [0.15, 0.2) is 52.9 Å². The molecular formula is C25H28ClN3O4. The highest BCUT2D eigenvalue weighted by Crippen LogP contribution is 2.30. The molecule has 2 saturated heterocycles. The fraction of sp³-hybridized carbons (Fsp3) is 0.400. The molecule has 1 amide bonds. The number of amides is 1. The molecule has 0 saturated carbocycles. The van der Waals surface area contributed by atoms with Gasteiger partial charge < -0.3 is 19.2 Å². The van der Waals surface area contributed by atoms with Gasteiger partial charge in [-0.3, -0.25) is 14.6 Å². The smallest absolute Gasteiger partial charge is 0.289 e. The second-order valence-corrected chi connectivity index (χ2v) is 9.21. The van der Waals surface area contributed by atoms with E-state index in [9.17, 15) is 9.90 Å². The van der Waals surface area contributed by atoms with Crippen molar-refractivity contribution in [3.63, 3.8) is 0 Å². The van der Waals surface area contributed by atoms with Crippen LogP contribution in [0.2, 0.25) is 5.02 Å². The van der Waals surface area contributed by atoms with Crippen LogP contribution in [0.5, 0.6) is 5.75 Å². The van der Waals surface area contributed by atoms with E-state index in [1.165, 1.54) is 5.56 Å². The molecule has 1 aromatic heterocycles. The highest BCUT2D eigenvalue weighted by Gasteiger charge is 2.39. The van der Waals surface area contributed by atoms with Crippen LogP contribution in [-0.4, -0.2) is 84.2 Å². The Morgan fingerprint density at radius 2 is 1.88 bits per heavy atom. The Morgan fingerprint density at radius 3 is 2.61 bits per heavy atom. The third-order valence-corrected chi connectivity index (χ3v) is 6.93. The lowest BCUT2D eigenvalue weighted by Crippen LogP contribution is -2.53. The fourth-order valence-electron chi connectivity index (χ4n) is 4.85. The van der Waals surface area contributed by atoms with Gasteiger partial charge in [0.15, 0.2) is 17.1 Å². The number of methoxy groups -OCH3 is 1. The van der Waals surface area contributed by atoms with Crippen LogP contribution < -0.4 is 4.74 Å². The number of fused-ring (bicyclic) bond motifs is 1. The maximum absolute atomic E-state index is 13.1. The maximum Gasteiger partial charge on any atom is 0.289 e. The molecule has 2 aliphatic heterocycles. The standard InChI is InChI=1S/C25H28ClN3O4/c1-32-22-4-2-3-18-13-23(33-24(18)22)25(31)29-15-20(21(30)16-29)28-11-9-27(10-12-28)14-17-5-7-19(26)8-6-17/h2-8,13,20-21,30H,9-12,14-16H2,1H3/t20-,21-/m0/s1. The number of β-amino-alcohol motifs (C(OH)–C–C–N with tert-alkyl or cyclic N) is 1. The molecule has 2 aromatic carbocycles. The van der Waals surface area contributed by atoms with Crippen molar-refractivity contribution in [2.24, 2.45) is 0 Å². The molecule has 0 aliphatic carbocycles. The normalized spacial score (nSPS) is 22.2. The number of halogens is 1. The van der Waals surface area contributed by atoms with Gasteiger partial charge in [-0.1, -0.05) is 35.9 Å². The second kappa shape index (κ2) is 9.35. The number of nitrogens with zero attached hydrogens (tertiary/aromatic N) is 3. The highest BCUT2D eigenvalue weighted by molar-refractivity contribution is 6.30. The van der Waals surface area contributed by atoms with E-state index in [4.69, 9.17) is 20.8 Å². The van der Waals surface area contributed by atoms with Crippen molar-refractivity contribution in [2.75, 3.05) is 46.4 Å². The summed E-state index contributed by atoms with van der Waals surface area (Å²) in [5.41, 5.74) is 1.81. The van der Waals surface area contributed by atoms with Crippen LogP contribution in [0.25, 0.3) is 11.0 Å². The van der Waals surface area contributed by atoms with Gasteiger partial charge in [0.2, 0.25) is 0 Å². The van der Waals surface area contributed by atoms with Gasteiger partial charge in [-0.05, 0) is 29.8 Å². The van der Waals surface area contributed by atoms with Crippen molar-refractivity contribution in [3.05, 3.63) is 64.9 Å². The number of ether oxygens (including phenoxy) is 1. The van der Waals surface area contributed by atoms with E-state index in [0.717, 1.165) is 43.1 Å². The molecule has 2 fully saturated rings. The lowest BCUT2D eigenvalue weighted by Gasteiger charge is -2.38. The summed E-state index contributed by atoms with van der Waals surface area (Å²) in [6.45, 7) is 5.25. The van der Waals surface area contributed by atoms with Crippen LogP contribution in [0, 0.1) is 0 Å². The Morgan fingerprint density at radius 1 is 1.12 bits per heavy atom. The number of hydrogen-bond acceptors (Lipinski definition) is 6. The third-order valence-electron chi connectivity index (χ3n) is 6.68. The Hall–Kier alpha value is -2.58. The summed E-state index contributed by atoms with van der Waals surface area (Å²) in [4.78, 5) is 19.5. The van der Waals surface area contributed by atoms with Crippen molar-refractivity contribution in [1.82, 2.24) is 14.7 Å². The zero-order valence-electron chi connectivity index (χ0n) is 18.6. The van der Waals surface area contributed by atoms with Gasteiger partial charge >= 0.3 is 0 Å². The summed E-state index contributed by atoms with van der Waals surface area (Å²) in [5.74, 6) is 0.675. The number of rotatable bonds is 5. The maximum atomic E-state index is 13.1. The van der Waals surface area contributed by atoms with E-state index in [1.807, 2.05) is 30.3 Å². The molecule has 0 radical (unpaired) electrons. The molecule has 7 nitrogen and oxygen atoms in total. The second-order valence-electron chi connectivity index (χ2n) is 8.77. The Labute approximate surface area is 198 Å². The molecular weight excluding hydrogens is 442 g/mol. The topological polar surface area (TPSA) is 69.4 Å². The van der Waals surface area contributed by atoms with Crippen molar-refractivity contribution in [3.8, 4) is 5.75 Å². The van der Waals surface area contributed by atoms with Crippen molar-refractivity contribution >= 4 is 28.5 Å². The van der Waals surface area contributed by atoms with Gasteiger partial charge in [0.05, 0.1) is 19.3 Å². The lowest BCUT2D eigenvalue weighted by molar-refractivity contribution is 0.0423. The van der Waals surface area contributed by atoms with Crippen LogP contribution in [-0.2, 0) is 6.54 Å². The van der Waals surface area contributed by atoms with Gasteiger partial charge in [-0.15, -0.1) is 0 Å². The molecule has 5 rings (SSSR count). The monoisotopic (exact) mass is 469 g/mol. The minimum Gasteiger partial charge on any atom is -0.493 e. The quantitative estimate of drug-likeness (QED) is 0.619. The number of piperazine rings is 1. The molecule has 1 N–H and O–H groups in total. The first kappa shape index (κ1) is 22.2. The van der Waals surface area contributed by atoms with Crippen LogP contribution in [0.3, 0.4) is 0 Å².